The third kappa shape index (κ3) is 2.05. The highest BCUT2D eigenvalue weighted by molar-refractivity contribution is 5.59. The van der Waals surface area contributed by atoms with E-state index in [4.69, 9.17) is 11.5 Å². The lowest BCUT2D eigenvalue weighted by Crippen LogP contribution is -2.14. The minimum absolute atomic E-state index is 0.452. The van der Waals surface area contributed by atoms with E-state index in [0.29, 0.717) is 18.9 Å². The van der Waals surface area contributed by atoms with E-state index in [1.807, 2.05) is 0 Å². The van der Waals surface area contributed by atoms with Crippen molar-refractivity contribution in [2.75, 3.05) is 24.1 Å². The number of hydrogen-bond acceptors (Lipinski definition) is 5. The molecule has 0 bridgehead atoms. The molecule has 0 spiro atoms. The third-order valence-corrected chi connectivity index (χ3v) is 1.20. The Bertz CT molecular complexity index is 224. The molecule has 0 atom stereocenters. The molecule has 0 radical (unpaired) electrons. The molecular weight excluding hydrogens is 142 g/mol. The molecule has 11 heavy (non-hydrogen) atoms. The van der Waals surface area contributed by atoms with Crippen LogP contribution in [-0.4, -0.2) is 23.1 Å². The zero-order valence-corrected chi connectivity index (χ0v) is 6.12. The van der Waals surface area contributed by atoms with Gasteiger partial charge in [-0.25, -0.2) is 9.97 Å². The summed E-state index contributed by atoms with van der Waals surface area (Å²) in [5.74, 6) is 0.452. The molecule has 60 valence electrons. The van der Waals surface area contributed by atoms with Crippen molar-refractivity contribution in [3.63, 3.8) is 0 Å². The topological polar surface area (TPSA) is 89.8 Å². The lowest BCUT2D eigenvalue weighted by molar-refractivity contribution is 1.02. The van der Waals surface area contributed by atoms with Gasteiger partial charge < -0.3 is 16.8 Å². The summed E-state index contributed by atoms with van der Waals surface area (Å²) in [6, 6.07) is 0. The van der Waals surface area contributed by atoms with E-state index in [-0.39, 0.29) is 0 Å². The van der Waals surface area contributed by atoms with Crippen molar-refractivity contribution in [2.45, 2.75) is 0 Å². The Morgan fingerprint density at radius 3 is 3.00 bits per heavy atom. The normalized spacial score (nSPS) is 9.55. The zero-order valence-electron chi connectivity index (χ0n) is 6.12. The zero-order chi connectivity index (χ0) is 8.10. The van der Waals surface area contributed by atoms with E-state index in [0.717, 1.165) is 5.69 Å². The molecule has 5 heteroatoms. The molecule has 0 aliphatic carbocycles. The van der Waals surface area contributed by atoms with Gasteiger partial charge in [-0.1, -0.05) is 0 Å². The van der Waals surface area contributed by atoms with Crippen molar-refractivity contribution < 1.29 is 0 Å². The summed E-state index contributed by atoms with van der Waals surface area (Å²) < 4.78 is 0. The average Bonchev–Trinajstić information content (AvgIpc) is 2.03. The van der Waals surface area contributed by atoms with Crippen molar-refractivity contribution in [3.05, 3.63) is 12.5 Å². The Morgan fingerprint density at radius 2 is 2.36 bits per heavy atom. The first-order chi connectivity index (χ1) is 5.34. The summed E-state index contributed by atoms with van der Waals surface area (Å²) in [5, 5.41) is 2.99. The number of nitrogens with two attached hydrogens (primary N) is 2. The van der Waals surface area contributed by atoms with Gasteiger partial charge in [-0.15, -0.1) is 0 Å². The van der Waals surface area contributed by atoms with Gasteiger partial charge in [0.1, 0.15) is 12.1 Å². The largest absolute Gasteiger partial charge is 0.382 e. The van der Waals surface area contributed by atoms with Crippen molar-refractivity contribution >= 4 is 11.5 Å². The molecule has 0 unspecified atom stereocenters. The first kappa shape index (κ1) is 7.74. The number of nitrogen functional groups attached to an aromatic ring is 1. The molecule has 1 aromatic rings. The Hall–Kier alpha value is -1.36. The van der Waals surface area contributed by atoms with Crippen LogP contribution < -0.4 is 16.8 Å². The Balaban J connectivity index is 2.62. The highest BCUT2D eigenvalue weighted by Crippen LogP contribution is 2.10. The van der Waals surface area contributed by atoms with E-state index in [1.165, 1.54) is 6.33 Å². The third-order valence-electron chi connectivity index (χ3n) is 1.20. The second kappa shape index (κ2) is 3.72. The van der Waals surface area contributed by atoms with Gasteiger partial charge >= 0.3 is 0 Å². The van der Waals surface area contributed by atoms with E-state index in [2.05, 4.69) is 15.3 Å². The van der Waals surface area contributed by atoms with Gasteiger partial charge in [0.15, 0.2) is 0 Å². The maximum atomic E-state index is 5.51. The summed E-state index contributed by atoms with van der Waals surface area (Å²) >= 11 is 0. The predicted molar refractivity (Wildman–Crippen MR) is 44.0 cm³/mol. The maximum absolute atomic E-state index is 5.51. The fourth-order valence-corrected chi connectivity index (χ4v) is 0.682. The molecule has 0 fully saturated rings. The van der Waals surface area contributed by atoms with Crippen molar-refractivity contribution in [1.82, 2.24) is 9.97 Å². The molecule has 1 heterocycles. The number of anilines is 2. The molecule has 1 rings (SSSR count). The molecule has 0 amide bonds. The van der Waals surface area contributed by atoms with Crippen LogP contribution in [0.1, 0.15) is 0 Å². The van der Waals surface area contributed by atoms with Crippen LogP contribution in [-0.2, 0) is 0 Å². The molecule has 0 aromatic carbocycles. The van der Waals surface area contributed by atoms with Crippen LogP contribution in [0.15, 0.2) is 12.5 Å². The Kier molecular flexibility index (Phi) is 2.62. The molecule has 0 saturated carbocycles. The minimum Gasteiger partial charge on any atom is -0.382 e. The monoisotopic (exact) mass is 153 g/mol. The van der Waals surface area contributed by atoms with Crippen LogP contribution in [0.25, 0.3) is 0 Å². The standard InChI is InChI=1S/C6H11N5/c7-1-2-10-5-3-9-4-11-6(5)8/h3-4,10H,1-2,7H2,(H2,8,9,11). The van der Waals surface area contributed by atoms with E-state index < -0.39 is 0 Å². The van der Waals surface area contributed by atoms with Crippen LogP contribution in [0.4, 0.5) is 11.5 Å². The van der Waals surface area contributed by atoms with Crippen LogP contribution in [0.3, 0.4) is 0 Å². The second-order valence-electron chi connectivity index (χ2n) is 2.04. The smallest absolute Gasteiger partial charge is 0.150 e. The van der Waals surface area contributed by atoms with Gasteiger partial charge in [0, 0.05) is 13.1 Å². The molecular formula is C6H11N5. The van der Waals surface area contributed by atoms with Gasteiger partial charge in [0.05, 0.1) is 11.9 Å². The van der Waals surface area contributed by atoms with E-state index in [9.17, 15) is 0 Å². The van der Waals surface area contributed by atoms with Crippen LogP contribution >= 0.6 is 0 Å². The van der Waals surface area contributed by atoms with Crippen LogP contribution in [0, 0.1) is 0 Å². The van der Waals surface area contributed by atoms with Gasteiger partial charge in [-0.3, -0.25) is 0 Å². The molecule has 0 saturated heterocycles. The van der Waals surface area contributed by atoms with Crippen molar-refractivity contribution in [2.24, 2.45) is 5.73 Å². The number of hydrogen-bond donors (Lipinski definition) is 3. The Labute approximate surface area is 64.8 Å². The molecule has 5 N–H and O–H groups in total. The van der Waals surface area contributed by atoms with E-state index >= 15 is 0 Å². The van der Waals surface area contributed by atoms with Gasteiger partial charge in [-0.2, -0.15) is 0 Å². The number of nitrogens with zero attached hydrogens (tertiary/aromatic N) is 2. The Morgan fingerprint density at radius 1 is 1.55 bits per heavy atom. The number of aromatic nitrogens is 2. The molecule has 0 aliphatic rings. The van der Waals surface area contributed by atoms with Gasteiger partial charge in [0.25, 0.3) is 0 Å². The SMILES string of the molecule is NCCNc1cncnc1N. The van der Waals surface area contributed by atoms with Gasteiger partial charge in [-0.05, 0) is 0 Å². The fourth-order valence-electron chi connectivity index (χ4n) is 0.682. The number of nitrogens with one attached hydrogen (secondary N) is 1. The maximum Gasteiger partial charge on any atom is 0.150 e. The second-order valence-corrected chi connectivity index (χ2v) is 2.04. The molecule has 1 aromatic heterocycles. The summed E-state index contributed by atoms with van der Waals surface area (Å²) in [7, 11) is 0. The molecule has 0 aliphatic heterocycles. The predicted octanol–water partition coefficient (Wildman–Crippen LogP) is -0.571. The lowest BCUT2D eigenvalue weighted by Gasteiger charge is -2.04. The first-order valence-corrected chi connectivity index (χ1v) is 3.34. The highest BCUT2D eigenvalue weighted by atomic mass is 15.0. The van der Waals surface area contributed by atoms with Crippen LogP contribution in [0.5, 0.6) is 0 Å². The number of rotatable bonds is 3. The molecule has 5 nitrogen and oxygen atoms in total. The summed E-state index contributed by atoms with van der Waals surface area (Å²) in [6.45, 7) is 1.24. The average molecular weight is 153 g/mol. The summed E-state index contributed by atoms with van der Waals surface area (Å²) in [4.78, 5) is 7.60. The fraction of sp³-hybridized carbons (Fsp3) is 0.333. The quantitative estimate of drug-likeness (QED) is 0.541. The highest BCUT2D eigenvalue weighted by Gasteiger charge is 1.95. The summed E-state index contributed by atoms with van der Waals surface area (Å²) in [5.41, 5.74) is 11.5. The van der Waals surface area contributed by atoms with Crippen LogP contribution in [0.2, 0.25) is 0 Å². The summed E-state index contributed by atoms with van der Waals surface area (Å²) in [6.07, 6.45) is 3.03. The first-order valence-electron chi connectivity index (χ1n) is 3.34. The van der Waals surface area contributed by atoms with Crippen molar-refractivity contribution in [1.29, 1.82) is 0 Å². The minimum atomic E-state index is 0.452. The van der Waals surface area contributed by atoms with E-state index in [1.54, 1.807) is 6.20 Å². The lowest BCUT2D eigenvalue weighted by atomic mass is 10.4. The van der Waals surface area contributed by atoms with Gasteiger partial charge in [0.2, 0.25) is 0 Å². The van der Waals surface area contributed by atoms with Crippen molar-refractivity contribution in [3.8, 4) is 0 Å².